The second-order valence-corrected chi connectivity index (χ2v) is 11.4. The van der Waals surface area contributed by atoms with Gasteiger partial charge in [0.15, 0.2) is 34.7 Å². The summed E-state index contributed by atoms with van der Waals surface area (Å²) in [4.78, 5) is 67.0. The summed E-state index contributed by atoms with van der Waals surface area (Å²) in [5, 5.41) is 22.7. The van der Waals surface area contributed by atoms with Crippen molar-refractivity contribution in [3.05, 3.63) is 58.1 Å². The van der Waals surface area contributed by atoms with Crippen molar-refractivity contribution in [1.29, 1.82) is 0 Å². The molecule has 2 saturated carbocycles. The molecule has 0 radical (unpaired) electrons. The molecule has 0 bridgehead atoms. The number of nitrogens with two attached hydrogens (primary N) is 1. The van der Waals surface area contributed by atoms with E-state index in [4.69, 9.17) is 5.73 Å². The second kappa shape index (κ2) is 9.41. The van der Waals surface area contributed by atoms with Crippen molar-refractivity contribution in [3.63, 3.8) is 0 Å². The van der Waals surface area contributed by atoms with Crippen molar-refractivity contribution >= 4 is 34.7 Å². The zero-order valence-corrected chi connectivity index (χ0v) is 22.2. The van der Waals surface area contributed by atoms with Crippen LogP contribution in [0.15, 0.2) is 30.3 Å². The number of hydrogen-bond acceptors (Lipinski definition) is 8. The number of nitrogens with zero attached hydrogens (tertiary/aromatic N) is 1. The second-order valence-electron chi connectivity index (χ2n) is 11.4. The monoisotopic (exact) mass is 532 g/mol. The Bertz CT molecular complexity index is 1430. The van der Waals surface area contributed by atoms with E-state index in [0.29, 0.717) is 24.0 Å². The lowest BCUT2D eigenvalue weighted by Gasteiger charge is -2.48. The summed E-state index contributed by atoms with van der Waals surface area (Å²) in [6.45, 7) is 2.00. The Morgan fingerprint density at radius 1 is 1.05 bits per heavy atom. The van der Waals surface area contributed by atoms with Crippen molar-refractivity contribution < 1.29 is 34.2 Å². The van der Waals surface area contributed by atoms with Gasteiger partial charge < -0.3 is 20.8 Å². The summed E-state index contributed by atoms with van der Waals surface area (Å²) in [5.74, 6) is -9.96. The molecule has 2 fully saturated rings. The third-order valence-electron chi connectivity index (χ3n) is 8.74. The lowest BCUT2D eigenvalue weighted by Crippen LogP contribution is -2.68. The lowest BCUT2D eigenvalue weighted by molar-refractivity contribution is -0.175. The normalized spacial score (nSPS) is 28.0. The summed E-state index contributed by atoms with van der Waals surface area (Å²) < 4.78 is 0. The van der Waals surface area contributed by atoms with Crippen molar-refractivity contribution in [2.45, 2.75) is 44.6 Å². The van der Waals surface area contributed by atoms with Crippen LogP contribution in [-0.4, -0.2) is 58.9 Å². The summed E-state index contributed by atoms with van der Waals surface area (Å²) in [7, 11) is 3.67. The predicted octanol–water partition coefficient (Wildman–Crippen LogP) is 1.49. The molecule has 5 atom stereocenters. The lowest BCUT2D eigenvalue weighted by atomic mass is 9.53. The fourth-order valence-electron chi connectivity index (χ4n) is 6.69. The van der Waals surface area contributed by atoms with Crippen molar-refractivity contribution in [3.8, 4) is 5.75 Å². The first-order chi connectivity index (χ1) is 18.4. The molecule has 2 aromatic carbocycles. The number of phenolic OH excluding ortho intramolecular Hbond substituents is 1. The molecular formula is C30H32N2O7. The number of phenols is 1. The van der Waals surface area contributed by atoms with Crippen LogP contribution in [0.4, 0.5) is 5.69 Å². The van der Waals surface area contributed by atoms with Crippen LogP contribution in [0.2, 0.25) is 0 Å². The van der Waals surface area contributed by atoms with Gasteiger partial charge in [-0.1, -0.05) is 29.8 Å². The summed E-state index contributed by atoms with van der Waals surface area (Å²) in [5.41, 5.74) is 6.73. The molecule has 2 unspecified atom stereocenters. The highest BCUT2D eigenvalue weighted by Gasteiger charge is 2.66. The maximum absolute atomic E-state index is 13.9. The van der Waals surface area contributed by atoms with E-state index in [1.165, 1.54) is 0 Å². The Balaban J connectivity index is 1.55. The van der Waals surface area contributed by atoms with Gasteiger partial charge in [-0.05, 0) is 61.3 Å². The average Bonchev–Trinajstić information content (AvgIpc) is 2.86. The molecule has 0 spiro atoms. The fraction of sp³-hybridized carbons (Fsp3) is 0.433. The third-order valence-corrected chi connectivity index (χ3v) is 8.74. The van der Waals surface area contributed by atoms with E-state index in [-0.39, 0.29) is 30.6 Å². The van der Waals surface area contributed by atoms with E-state index in [0.717, 1.165) is 16.8 Å². The molecule has 2 aromatic rings. The van der Waals surface area contributed by atoms with E-state index in [1.54, 1.807) is 0 Å². The minimum absolute atomic E-state index is 0.0301. The van der Waals surface area contributed by atoms with Gasteiger partial charge in [-0.3, -0.25) is 24.0 Å². The van der Waals surface area contributed by atoms with Crippen LogP contribution in [0.3, 0.4) is 0 Å². The smallest absolute Gasteiger partial charge is 0.235 e. The highest BCUT2D eigenvalue weighted by atomic mass is 16.3. The fourth-order valence-corrected chi connectivity index (χ4v) is 6.69. The number of aliphatic hydroxyl groups is 1. The molecule has 0 saturated heterocycles. The number of Topliss-reactive ketones (excluding diaryl/α,β-unsaturated/α-hetero) is 4. The molecule has 9 nitrogen and oxygen atoms in total. The third kappa shape index (κ3) is 4.07. The Hall–Kier alpha value is -3.85. The number of hydrogen-bond donors (Lipinski definition) is 3. The van der Waals surface area contributed by atoms with Gasteiger partial charge in [0.2, 0.25) is 5.91 Å². The molecule has 0 heterocycles. The minimum atomic E-state index is -2.65. The molecule has 5 rings (SSSR count). The average molecular weight is 533 g/mol. The highest BCUT2D eigenvalue weighted by molar-refractivity contribution is 6.31. The first kappa shape index (κ1) is 26.7. The number of rotatable bonds is 5. The molecule has 204 valence electrons. The Morgan fingerprint density at radius 3 is 2.33 bits per heavy atom. The number of fused-ring (bicyclic) bond motifs is 3. The van der Waals surface area contributed by atoms with Crippen molar-refractivity contribution in [2.24, 2.45) is 29.4 Å². The van der Waals surface area contributed by atoms with Crippen LogP contribution in [0.5, 0.6) is 5.75 Å². The van der Waals surface area contributed by atoms with Crippen molar-refractivity contribution in [1.82, 2.24) is 0 Å². The molecule has 3 aliphatic carbocycles. The van der Waals surface area contributed by atoms with Crippen LogP contribution in [-0.2, 0) is 38.4 Å². The van der Waals surface area contributed by atoms with Crippen LogP contribution < -0.4 is 10.6 Å². The van der Waals surface area contributed by atoms with Crippen LogP contribution in [0, 0.1) is 30.6 Å². The number of ketones is 4. The Kier molecular flexibility index (Phi) is 6.45. The first-order valence-electron chi connectivity index (χ1n) is 13.1. The van der Waals surface area contributed by atoms with Crippen LogP contribution in [0.25, 0.3) is 0 Å². The number of aryl methyl sites for hydroxylation is 3. The van der Waals surface area contributed by atoms with Crippen molar-refractivity contribution in [2.75, 3.05) is 19.0 Å². The first-order valence-corrected chi connectivity index (χ1v) is 13.1. The largest absolute Gasteiger partial charge is 0.507 e. The van der Waals surface area contributed by atoms with E-state index < -0.39 is 58.3 Å². The number of carbonyl (C=O) groups excluding carboxylic acids is 5. The van der Waals surface area contributed by atoms with Gasteiger partial charge in [-0.15, -0.1) is 0 Å². The van der Waals surface area contributed by atoms with Gasteiger partial charge in [0.1, 0.15) is 5.75 Å². The number of benzene rings is 2. The van der Waals surface area contributed by atoms with Crippen LogP contribution >= 0.6 is 0 Å². The molecule has 0 aliphatic heterocycles. The molecule has 9 heteroatoms. The summed E-state index contributed by atoms with van der Waals surface area (Å²) in [6, 6.07) is 9.90. The number of primary amides is 1. The maximum atomic E-state index is 13.9. The van der Waals surface area contributed by atoms with Crippen LogP contribution in [0.1, 0.15) is 45.5 Å². The van der Waals surface area contributed by atoms with E-state index in [2.05, 4.69) is 0 Å². The Morgan fingerprint density at radius 2 is 1.72 bits per heavy atom. The van der Waals surface area contributed by atoms with Gasteiger partial charge in [0.05, 0.1) is 11.5 Å². The standard InChI is InChI=1S/C30H32N2O7/c1-14-4-6-15(7-5-14)8-9-16-12-20(32(2)3)19-11-17-10-18-13-21(33)24(29(31)38)28(37)30(18,39)27(36)22(17)26(35)23(19)25(16)34/h4-7,12,17-18,22,24,34,39H,8-11,13H2,1-3H3,(H2,31,38)/t17-,18+,22?,24?,30+/m1/s1. The zero-order valence-electron chi connectivity index (χ0n) is 22.2. The van der Waals surface area contributed by atoms with Gasteiger partial charge in [0.25, 0.3) is 0 Å². The summed E-state index contributed by atoms with van der Waals surface area (Å²) in [6.07, 6.45) is 1.05. The van der Waals surface area contributed by atoms with Gasteiger partial charge in [-0.2, -0.15) is 0 Å². The van der Waals surface area contributed by atoms with E-state index in [9.17, 15) is 34.2 Å². The van der Waals surface area contributed by atoms with Gasteiger partial charge in [0, 0.05) is 32.1 Å². The molecule has 1 amide bonds. The molecule has 0 aromatic heterocycles. The molecule has 39 heavy (non-hydrogen) atoms. The summed E-state index contributed by atoms with van der Waals surface area (Å²) >= 11 is 0. The maximum Gasteiger partial charge on any atom is 0.235 e. The van der Waals surface area contributed by atoms with Gasteiger partial charge in [-0.25, -0.2) is 0 Å². The predicted molar refractivity (Wildman–Crippen MR) is 141 cm³/mol. The topological polar surface area (TPSA) is 155 Å². The highest BCUT2D eigenvalue weighted by Crippen LogP contribution is 2.51. The number of amides is 1. The molecular weight excluding hydrogens is 500 g/mol. The molecule has 3 aliphatic rings. The Labute approximate surface area is 226 Å². The number of carbonyl (C=O) groups is 5. The van der Waals surface area contributed by atoms with Gasteiger partial charge >= 0.3 is 0 Å². The SMILES string of the molecule is Cc1ccc(CCc2cc(N(C)C)c3c(c2O)C(=O)C2C(=O)[C@]4(O)C(=O)C(C(N)=O)C(=O)C[C@@H]4C[C@@H]2C3)cc1. The van der Waals surface area contributed by atoms with E-state index >= 15 is 0 Å². The number of aromatic hydroxyl groups is 1. The zero-order chi connectivity index (χ0) is 28.4. The molecule has 4 N–H and O–H groups in total. The number of anilines is 1. The quantitative estimate of drug-likeness (QED) is 0.489. The van der Waals surface area contributed by atoms with E-state index in [1.807, 2.05) is 56.3 Å². The minimum Gasteiger partial charge on any atom is -0.507 e.